The second kappa shape index (κ2) is 10.7. The van der Waals surface area contributed by atoms with Gasteiger partial charge in [-0.1, -0.05) is 13.8 Å². The lowest BCUT2D eigenvalue weighted by Crippen LogP contribution is -2.57. The normalized spacial score (nSPS) is 17.3. The van der Waals surface area contributed by atoms with E-state index in [0.717, 1.165) is 19.6 Å². The number of rotatable bonds is 6. The molecule has 0 saturated carbocycles. The molecular formula is C12H27Cl2N3O2. The predicted octanol–water partition coefficient (Wildman–Crippen LogP) is 0.796. The Kier molecular flexibility index (Phi) is 11.9. The lowest BCUT2D eigenvalue weighted by molar-refractivity contribution is -0.129. The molecule has 0 aromatic carbocycles. The second-order valence-electron chi connectivity index (χ2n) is 4.55. The van der Waals surface area contributed by atoms with Crippen LogP contribution >= 0.6 is 24.8 Å². The first-order chi connectivity index (χ1) is 8.12. The van der Waals surface area contributed by atoms with Gasteiger partial charge < -0.3 is 20.7 Å². The zero-order valence-corrected chi connectivity index (χ0v) is 13.4. The Morgan fingerprint density at radius 2 is 1.79 bits per heavy atom. The summed E-state index contributed by atoms with van der Waals surface area (Å²) in [6.45, 7) is 8.97. The number of likely N-dealkylation sites (N-methyl/N-ethyl adjacent to an activating group) is 1. The van der Waals surface area contributed by atoms with Gasteiger partial charge in [-0.25, -0.2) is 0 Å². The first-order valence-corrected chi connectivity index (χ1v) is 6.49. The summed E-state index contributed by atoms with van der Waals surface area (Å²) in [6, 6.07) is 0. The van der Waals surface area contributed by atoms with Crippen molar-refractivity contribution in [3.8, 4) is 0 Å². The third kappa shape index (κ3) is 6.77. The number of nitrogens with two attached hydrogens (primary N) is 1. The Bertz CT molecular complexity index is 245. The Morgan fingerprint density at radius 3 is 2.26 bits per heavy atom. The van der Waals surface area contributed by atoms with E-state index in [1.807, 2.05) is 0 Å². The second-order valence-corrected chi connectivity index (χ2v) is 4.55. The van der Waals surface area contributed by atoms with E-state index in [2.05, 4.69) is 24.1 Å². The molecule has 1 fully saturated rings. The minimum atomic E-state index is -0.721. The molecule has 0 radical (unpaired) electrons. The molecule has 1 rings (SSSR count). The summed E-state index contributed by atoms with van der Waals surface area (Å²) >= 11 is 0. The van der Waals surface area contributed by atoms with Gasteiger partial charge in [0.2, 0.25) is 5.91 Å². The van der Waals surface area contributed by atoms with Gasteiger partial charge in [0.15, 0.2) is 0 Å². The maximum Gasteiger partial charge on any atom is 0.240 e. The number of halogens is 2. The Labute approximate surface area is 128 Å². The van der Waals surface area contributed by atoms with E-state index in [0.29, 0.717) is 32.6 Å². The van der Waals surface area contributed by atoms with Crippen LogP contribution in [-0.2, 0) is 9.53 Å². The Hall–Kier alpha value is -0.0700. The van der Waals surface area contributed by atoms with Crippen molar-refractivity contribution in [3.63, 3.8) is 0 Å². The molecule has 7 heteroatoms. The Morgan fingerprint density at radius 1 is 1.26 bits per heavy atom. The maximum atomic E-state index is 12.0. The van der Waals surface area contributed by atoms with Crippen LogP contribution in [0.3, 0.4) is 0 Å². The maximum absolute atomic E-state index is 12.0. The van der Waals surface area contributed by atoms with Crippen molar-refractivity contribution in [2.75, 3.05) is 39.4 Å². The molecule has 0 aromatic heterocycles. The molecule has 0 unspecified atom stereocenters. The molecule has 1 saturated heterocycles. The summed E-state index contributed by atoms with van der Waals surface area (Å²) in [5, 5.41) is 2.93. The lowest BCUT2D eigenvalue weighted by atomic mass is 9.90. The summed E-state index contributed by atoms with van der Waals surface area (Å²) in [5.41, 5.74) is 5.36. The SMILES string of the molecule is CCN(CC)CCNC(=O)C1(N)CCOCC1.Cl.Cl. The van der Waals surface area contributed by atoms with E-state index in [-0.39, 0.29) is 30.7 Å². The highest BCUT2D eigenvalue weighted by Crippen LogP contribution is 2.17. The van der Waals surface area contributed by atoms with E-state index in [1.54, 1.807) is 0 Å². The topological polar surface area (TPSA) is 67.6 Å². The van der Waals surface area contributed by atoms with Crippen LogP contribution in [0.1, 0.15) is 26.7 Å². The molecule has 1 aliphatic rings. The lowest BCUT2D eigenvalue weighted by Gasteiger charge is -2.32. The fraction of sp³-hybridized carbons (Fsp3) is 0.917. The van der Waals surface area contributed by atoms with E-state index >= 15 is 0 Å². The number of carbonyl (C=O) groups is 1. The predicted molar refractivity (Wildman–Crippen MR) is 82.3 cm³/mol. The highest BCUT2D eigenvalue weighted by Gasteiger charge is 2.35. The smallest absolute Gasteiger partial charge is 0.240 e. The monoisotopic (exact) mass is 315 g/mol. The first kappa shape index (κ1) is 21.2. The van der Waals surface area contributed by atoms with Gasteiger partial charge in [0.05, 0.1) is 5.54 Å². The Balaban J connectivity index is 0. The molecule has 5 nitrogen and oxygen atoms in total. The third-order valence-electron chi connectivity index (χ3n) is 3.45. The van der Waals surface area contributed by atoms with E-state index in [4.69, 9.17) is 10.5 Å². The van der Waals surface area contributed by atoms with Gasteiger partial charge in [0.1, 0.15) is 0 Å². The standard InChI is InChI=1S/C12H25N3O2.2ClH/c1-3-15(4-2)8-7-14-11(16)12(13)5-9-17-10-6-12;;/h3-10,13H2,1-2H3,(H,14,16);2*1H. The zero-order valence-electron chi connectivity index (χ0n) is 11.8. The molecule has 3 N–H and O–H groups in total. The number of nitrogens with zero attached hydrogens (tertiary/aromatic N) is 1. The van der Waals surface area contributed by atoms with E-state index in [9.17, 15) is 4.79 Å². The van der Waals surface area contributed by atoms with Crippen LogP contribution in [0.2, 0.25) is 0 Å². The van der Waals surface area contributed by atoms with Gasteiger partial charge in [-0.15, -0.1) is 24.8 Å². The van der Waals surface area contributed by atoms with Crippen molar-refractivity contribution in [3.05, 3.63) is 0 Å². The minimum absolute atomic E-state index is 0. The van der Waals surface area contributed by atoms with E-state index < -0.39 is 5.54 Å². The molecule has 19 heavy (non-hydrogen) atoms. The fourth-order valence-electron chi connectivity index (χ4n) is 2.01. The average Bonchev–Trinajstić information content (AvgIpc) is 2.35. The summed E-state index contributed by atoms with van der Waals surface area (Å²) in [5.74, 6) is -0.0343. The number of amides is 1. The average molecular weight is 316 g/mol. The van der Waals surface area contributed by atoms with Gasteiger partial charge in [-0.2, -0.15) is 0 Å². The molecule has 0 spiro atoms. The van der Waals surface area contributed by atoms with Crippen molar-refractivity contribution in [1.29, 1.82) is 0 Å². The highest BCUT2D eigenvalue weighted by atomic mass is 35.5. The van der Waals surface area contributed by atoms with Crippen LogP contribution in [0.5, 0.6) is 0 Å². The van der Waals surface area contributed by atoms with Crippen molar-refractivity contribution >= 4 is 30.7 Å². The van der Waals surface area contributed by atoms with Gasteiger partial charge in [-0.3, -0.25) is 4.79 Å². The van der Waals surface area contributed by atoms with Gasteiger partial charge in [0, 0.05) is 26.3 Å². The summed E-state index contributed by atoms with van der Waals surface area (Å²) in [4.78, 5) is 14.2. The highest BCUT2D eigenvalue weighted by molar-refractivity contribution is 5.86. The van der Waals surface area contributed by atoms with Gasteiger partial charge in [0.25, 0.3) is 0 Å². The fourth-order valence-corrected chi connectivity index (χ4v) is 2.01. The van der Waals surface area contributed by atoms with Crippen molar-refractivity contribution < 1.29 is 9.53 Å². The number of nitrogens with one attached hydrogen (secondary N) is 1. The molecule has 0 bridgehead atoms. The van der Waals surface area contributed by atoms with Gasteiger partial charge >= 0.3 is 0 Å². The first-order valence-electron chi connectivity index (χ1n) is 6.49. The van der Waals surface area contributed by atoms with Gasteiger partial charge in [-0.05, 0) is 25.9 Å². The molecule has 0 aromatic rings. The molecular weight excluding hydrogens is 289 g/mol. The molecule has 1 heterocycles. The number of carbonyl (C=O) groups excluding carboxylic acids is 1. The molecule has 116 valence electrons. The third-order valence-corrected chi connectivity index (χ3v) is 3.45. The molecule has 1 amide bonds. The van der Waals surface area contributed by atoms with Crippen LogP contribution in [0.15, 0.2) is 0 Å². The number of hydrogen-bond donors (Lipinski definition) is 2. The quantitative estimate of drug-likeness (QED) is 0.760. The van der Waals surface area contributed by atoms with Crippen molar-refractivity contribution in [1.82, 2.24) is 10.2 Å². The van der Waals surface area contributed by atoms with Crippen LogP contribution in [0.4, 0.5) is 0 Å². The minimum Gasteiger partial charge on any atom is -0.381 e. The summed E-state index contributed by atoms with van der Waals surface area (Å²) < 4.78 is 5.22. The summed E-state index contributed by atoms with van der Waals surface area (Å²) in [7, 11) is 0. The van der Waals surface area contributed by atoms with Crippen LogP contribution in [-0.4, -0.2) is 55.7 Å². The molecule has 1 aliphatic heterocycles. The van der Waals surface area contributed by atoms with Crippen LogP contribution in [0, 0.1) is 0 Å². The van der Waals surface area contributed by atoms with Crippen LogP contribution in [0.25, 0.3) is 0 Å². The molecule has 0 atom stereocenters. The number of ether oxygens (including phenoxy) is 1. The van der Waals surface area contributed by atoms with Crippen molar-refractivity contribution in [2.24, 2.45) is 5.73 Å². The molecule has 0 aliphatic carbocycles. The van der Waals surface area contributed by atoms with E-state index in [1.165, 1.54) is 0 Å². The summed E-state index contributed by atoms with van der Waals surface area (Å²) in [6.07, 6.45) is 1.23. The van der Waals surface area contributed by atoms with Crippen LogP contribution < -0.4 is 11.1 Å². The zero-order chi connectivity index (χ0) is 12.7. The van der Waals surface area contributed by atoms with Crippen molar-refractivity contribution in [2.45, 2.75) is 32.2 Å². The largest absolute Gasteiger partial charge is 0.381 e. The number of hydrogen-bond acceptors (Lipinski definition) is 4.